The fourth-order valence-electron chi connectivity index (χ4n) is 2.98. The van der Waals surface area contributed by atoms with E-state index < -0.39 is 0 Å². The summed E-state index contributed by atoms with van der Waals surface area (Å²) in [6.45, 7) is 0.895. The number of nitrogens with one attached hydrogen (secondary N) is 3. The van der Waals surface area contributed by atoms with Gasteiger partial charge in [-0.2, -0.15) is 0 Å². The molecule has 4 aromatic heterocycles. The van der Waals surface area contributed by atoms with E-state index >= 15 is 0 Å². The fourth-order valence-corrected chi connectivity index (χ4v) is 2.98. The predicted octanol–water partition coefficient (Wildman–Crippen LogP) is 2.52. The highest BCUT2D eigenvalue weighted by atomic mass is 16.2. The van der Waals surface area contributed by atoms with Crippen molar-refractivity contribution in [1.82, 2.24) is 25.3 Å². The van der Waals surface area contributed by atoms with Crippen molar-refractivity contribution in [2.24, 2.45) is 0 Å². The zero-order valence-electron chi connectivity index (χ0n) is 16.7. The van der Waals surface area contributed by atoms with E-state index in [1.807, 2.05) is 36.4 Å². The second kappa shape index (κ2) is 9.68. The maximum Gasteiger partial charge on any atom is 0.226 e. The Balaban J connectivity index is 1.16. The number of anilines is 2. The second-order valence-electron chi connectivity index (χ2n) is 6.84. The molecule has 2 amide bonds. The van der Waals surface area contributed by atoms with Crippen LogP contribution in [0.25, 0.3) is 22.1 Å². The van der Waals surface area contributed by atoms with Gasteiger partial charge in [0.25, 0.3) is 0 Å². The van der Waals surface area contributed by atoms with Gasteiger partial charge in [-0.15, -0.1) is 0 Å². The van der Waals surface area contributed by atoms with Crippen LogP contribution in [0.15, 0.2) is 60.9 Å². The van der Waals surface area contributed by atoms with Crippen LogP contribution in [0.5, 0.6) is 0 Å². The first-order valence-electron chi connectivity index (χ1n) is 9.91. The number of carbonyl (C=O) groups excluding carboxylic acids is 2. The Morgan fingerprint density at radius 2 is 1.16 bits per heavy atom. The quantitative estimate of drug-likeness (QED) is 0.378. The van der Waals surface area contributed by atoms with Gasteiger partial charge in [-0.05, 0) is 48.5 Å². The molecule has 31 heavy (non-hydrogen) atoms. The average Bonchev–Trinajstić information content (AvgIpc) is 2.78. The summed E-state index contributed by atoms with van der Waals surface area (Å²) in [5.41, 5.74) is 1.17. The van der Waals surface area contributed by atoms with E-state index in [2.05, 4.69) is 35.9 Å². The number of fused-ring (bicyclic) bond motifs is 2. The average molecular weight is 415 g/mol. The number of hydrogen-bond donors (Lipinski definition) is 3. The predicted molar refractivity (Wildman–Crippen MR) is 118 cm³/mol. The van der Waals surface area contributed by atoms with E-state index in [0.29, 0.717) is 36.0 Å². The zero-order valence-corrected chi connectivity index (χ0v) is 16.7. The van der Waals surface area contributed by atoms with Crippen molar-refractivity contribution in [1.29, 1.82) is 0 Å². The normalized spacial score (nSPS) is 10.8. The Morgan fingerprint density at radius 3 is 1.65 bits per heavy atom. The van der Waals surface area contributed by atoms with Crippen LogP contribution in [-0.2, 0) is 9.59 Å². The van der Waals surface area contributed by atoms with Crippen LogP contribution in [0.3, 0.4) is 0 Å². The highest BCUT2D eigenvalue weighted by Gasteiger charge is 2.07. The molecule has 156 valence electrons. The molecule has 0 atom stereocenters. The molecule has 0 saturated carbocycles. The number of pyridine rings is 4. The summed E-state index contributed by atoms with van der Waals surface area (Å²) in [5, 5.41) is 10.4. The Kier molecular flexibility index (Phi) is 6.34. The lowest BCUT2D eigenvalue weighted by molar-refractivity contribution is -0.116. The van der Waals surface area contributed by atoms with Crippen molar-refractivity contribution in [2.75, 3.05) is 23.7 Å². The number of rotatable bonds is 8. The summed E-state index contributed by atoms with van der Waals surface area (Å²) >= 11 is 0. The van der Waals surface area contributed by atoms with Crippen molar-refractivity contribution in [3.63, 3.8) is 0 Å². The smallest absolute Gasteiger partial charge is 0.226 e. The molecule has 0 saturated heterocycles. The highest BCUT2D eigenvalue weighted by molar-refractivity contribution is 5.92. The lowest BCUT2D eigenvalue weighted by atomic mass is 10.3. The van der Waals surface area contributed by atoms with Crippen LogP contribution in [0.2, 0.25) is 0 Å². The highest BCUT2D eigenvalue weighted by Crippen LogP contribution is 2.13. The van der Waals surface area contributed by atoms with E-state index in [9.17, 15) is 9.59 Å². The minimum absolute atomic E-state index is 0.160. The molecule has 0 aliphatic carbocycles. The first kappa shape index (κ1) is 20.3. The third-order valence-corrected chi connectivity index (χ3v) is 4.52. The van der Waals surface area contributed by atoms with Gasteiger partial charge in [-0.1, -0.05) is 0 Å². The van der Waals surface area contributed by atoms with Gasteiger partial charge in [0.05, 0.1) is 0 Å². The van der Waals surface area contributed by atoms with E-state index in [1.54, 1.807) is 24.5 Å². The fraction of sp³-hybridized carbons (Fsp3) is 0.182. The molecule has 0 aromatic carbocycles. The van der Waals surface area contributed by atoms with Crippen molar-refractivity contribution >= 4 is 45.5 Å². The molecule has 0 unspecified atom stereocenters. The van der Waals surface area contributed by atoms with Gasteiger partial charge in [-0.3, -0.25) is 9.59 Å². The monoisotopic (exact) mass is 415 g/mol. The van der Waals surface area contributed by atoms with Gasteiger partial charge in [0.15, 0.2) is 11.3 Å². The maximum absolute atomic E-state index is 12.1. The number of carbonyl (C=O) groups is 2. The first-order chi connectivity index (χ1) is 15.2. The molecule has 0 bridgehead atoms. The van der Waals surface area contributed by atoms with Gasteiger partial charge in [-0.25, -0.2) is 19.9 Å². The molecule has 0 fully saturated rings. The lowest BCUT2D eigenvalue weighted by Crippen LogP contribution is -2.25. The Labute approximate surface area is 178 Å². The minimum atomic E-state index is -0.160. The summed E-state index contributed by atoms with van der Waals surface area (Å²) in [6, 6.07) is 14.7. The largest absolute Gasteiger partial charge is 0.316 e. The molecule has 0 aliphatic heterocycles. The molecule has 0 aliphatic rings. The molecule has 9 heteroatoms. The molecule has 0 spiro atoms. The minimum Gasteiger partial charge on any atom is -0.316 e. The SMILES string of the molecule is O=C(CCNCCC(=O)Nc1ccc2cccnc2n1)Nc1ccc2cccnc2n1. The molecular weight excluding hydrogens is 394 g/mol. The Bertz CT molecular complexity index is 1130. The van der Waals surface area contributed by atoms with Crippen molar-refractivity contribution in [3.8, 4) is 0 Å². The van der Waals surface area contributed by atoms with Crippen molar-refractivity contribution in [2.45, 2.75) is 12.8 Å². The zero-order chi connectivity index (χ0) is 21.5. The summed E-state index contributed by atoms with van der Waals surface area (Å²) in [4.78, 5) is 41.2. The standard InChI is InChI=1S/C22H21N7O2/c30-19(26-17-7-5-15-3-1-11-24-21(15)28-17)9-13-23-14-10-20(31)27-18-8-6-16-4-2-12-25-22(16)29-18/h1-8,11-12,23H,9-10,13-14H2,(H,24,26,28,30)(H,25,27,29,31). The Hall–Kier alpha value is -3.98. The van der Waals surface area contributed by atoms with Crippen LogP contribution in [-0.4, -0.2) is 44.8 Å². The van der Waals surface area contributed by atoms with E-state index in [4.69, 9.17) is 0 Å². The van der Waals surface area contributed by atoms with Gasteiger partial charge in [0, 0.05) is 49.1 Å². The lowest BCUT2D eigenvalue weighted by Gasteiger charge is -2.07. The topological polar surface area (TPSA) is 122 Å². The number of aromatic nitrogens is 4. The van der Waals surface area contributed by atoms with E-state index in [0.717, 1.165) is 10.8 Å². The molecular formula is C22H21N7O2. The summed E-state index contributed by atoms with van der Waals surface area (Å²) in [6.07, 6.45) is 3.85. The first-order valence-corrected chi connectivity index (χ1v) is 9.91. The van der Waals surface area contributed by atoms with Crippen molar-refractivity contribution in [3.05, 3.63) is 60.9 Å². The maximum atomic E-state index is 12.1. The van der Waals surface area contributed by atoms with Crippen LogP contribution in [0.4, 0.5) is 11.6 Å². The van der Waals surface area contributed by atoms with Gasteiger partial charge < -0.3 is 16.0 Å². The van der Waals surface area contributed by atoms with Crippen LogP contribution in [0.1, 0.15) is 12.8 Å². The van der Waals surface area contributed by atoms with Gasteiger partial charge in [0.2, 0.25) is 11.8 Å². The Morgan fingerprint density at radius 1 is 0.677 bits per heavy atom. The summed E-state index contributed by atoms with van der Waals surface area (Å²) < 4.78 is 0. The number of amides is 2. The van der Waals surface area contributed by atoms with Crippen LogP contribution in [0, 0.1) is 0 Å². The van der Waals surface area contributed by atoms with E-state index in [-0.39, 0.29) is 24.7 Å². The third-order valence-electron chi connectivity index (χ3n) is 4.52. The molecule has 4 aromatic rings. The second-order valence-corrected chi connectivity index (χ2v) is 6.84. The molecule has 0 radical (unpaired) electrons. The number of nitrogens with zero attached hydrogens (tertiary/aromatic N) is 4. The molecule has 3 N–H and O–H groups in total. The van der Waals surface area contributed by atoms with Crippen LogP contribution >= 0.6 is 0 Å². The third kappa shape index (κ3) is 5.55. The van der Waals surface area contributed by atoms with Crippen molar-refractivity contribution < 1.29 is 9.59 Å². The molecule has 9 nitrogen and oxygen atoms in total. The molecule has 4 heterocycles. The van der Waals surface area contributed by atoms with Gasteiger partial charge in [0.1, 0.15) is 11.6 Å². The van der Waals surface area contributed by atoms with Crippen LogP contribution < -0.4 is 16.0 Å². The molecule has 4 rings (SSSR count). The van der Waals surface area contributed by atoms with Gasteiger partial charge >= 0.3 is 0 Å². The summed E-state index contributed by atoms with van der Waals surface area (Å²) in [7, 11) is 0. The van der Waals surface area contributed by atoms with E-state index in [1.165, 1.54) is 0 Å². The summed E-state index contributed by atoms with van der Waals surface area (Å²) in [5.74, 6) is 0.612. The number of hydrogen-bond acceptors (Lipinski definition) is 7.